The third-order valence-electron chi connectivity index (χ3n) is 6.62. The summed E-state index contributed by atoms with van der Waals surface area (Å²) in [4.78, 5) is 6.68. The second-order valence-corrected chi connectivity index (χ2v) is 8.75. The van der Waals surface area contributed by atoms with Crippen molar-refractivity contribution in [1.82, 2.24) is 14.5 Å². The molecule has 150 valence electrons. The first-order chi connectivity index (χ1) is 13.6. The maximum atomic E-state index is 9.52. The molecular formula is C24H34N4. The van der Waals surface area contributed by atoms with Crippen LogP contribution in [0.5, 0.6) is 0 Å². The van der Waals surface area contributed by atoms with Crippen molar-refractivity contribution in [2.45, 2.75) is 59.4 Å². The van der Waals surface area contributed by atoms with Crippen LogP contribution in [0.4, 0.5) is 0 Å². The van der Waals surface area contributed by atoms with Crippen molar-refractivity contribution in [3.8, 4) is 11.8 Å². The zero-order chi connectivity index (χ0) is 20.0. The van der Waals surface area contributed by atoms with Crippen molar-refractivity contribution in [2.75, 3.05) is 13.1 Å². The van der Waals surface area contributed by atoms with Crippen LogP contribution in [0.25, 0.3) is 5.69 Å². The Bertz CT molecular complexity index is 747. The fraction of sp³-hybridized carbons (Fsp3) is 0.583. The lowest BCUT2D eigenvalue weighted by molar-refractivity contribution is 0.0214. The van der Waals surface area contributed by atoms with Crippen LogP contribution in [0.3, 0.4) is 0 Å². The highest BCUT2D eigenvalue weighted by molar-refractivity contribution is 5.34. The number of imidazole rings is 1. The van der Waals surface area contributed by atoms with E-state index in [2.05, 4.69) is 61.0 Å². The van der Waals surface area contributed by atoms with Gasteiger partial charge in [0.2, 0.25) is 0 Å². The number of nitrogens with zero attached hydrogens (tertiary/aromatic N) is 4. The maximum Gasteiger partial charge on any atom is 0.0991 e. The minimum absolute atomic E-state index is 0.209. The Morgan fingerprint density at radius 1 is 1.18 bits per heavy atom. The first kappa shape index (κ1) is 20.6. The van der Waals surface area contributed by atoms with Gasteiger partial charge >= 0.3 is 0 Å². The van der Waals surface area contributed by atoms with Gasteiger partial charge in [0.15, 0.2) is 0 Å². The predicted molar refractivity (Wildman–Crippen MR) is 114 cm³/mol. The standard InChI is InChI=1S/C24H34N4/c1-4-5-23(20(2)3)24(10-13-25)11-15-27(16-12-24)18-21-6-8-22(9-7-21)28-17-14-26-19-28/h6-9,14,17,19-20,23H,4-5,10-12,15-16,18H2,1-3H3/t23-/m1/s1. The minimum atomic E-state index is 0.209. The molecular weight excluding hydrogens is 344 g/mol. The van der Waals surface area contributed by atoms with E-state index in [0.29, 0.717) is 18.3 Å². The summed E-state index contributed by atoms with van der Waals surface area (Å²) in [6.45, 7) is 10.1. The van der Waals surface area contributed by atoms with E-state index in [9.17, 15) is 5.26 Å². The van der Waals surface area contributed by atoms with Crippen LogP contribution in [0.15, 0.2) is 43.0 Å². The number of likely N-dealkylation sites (tertiary alicyclic amines) is 1. The van der Waals surface area contributed by atoms with E-state index in [1.54, 1.807) is 6.20 Å². The van der Waals surface area contributed by atoms with Crippen molar-refractivity contribution < 1.29 is 0 Å². The molecule has 0 amide bonds. The Morgan fingerprint density at radius 3 is 2.43 bits per heavy atom. The average Bonchev–Trinajstić information content (AvgIpc) is 3.23. The molecule has 1 fully saturated rings. The zero-order valence-corrected chi connectivity index (χ0v) is 17.6. The number of nitriles is 1. The number of piperidine rings is 1. The van der Waals surface area contributed by atoms with E-state index in [4.69, 9.17) is 0 Å². The second-order valence-electron chi connectivity index (χ2n) is 8.75. The molecule has 0 unspecified atom stereocenters. The number of aromatic nitrogens is 2. The van der Waals surface area contributed by atoms with Crippen molar-refractivity contribution in [3.05, 3.63) is 48.5 Å². The Labute approximate surface area is 170 Å². The zero-order valence-electron chi connectivity index (χ0n) is 17.6. The number of rotatable bonds is 8. The fourth-order valence-electron chi connectivity index (χ4n) is 5.09. The minimum Gasteiger partial charge on any atom is -0.306 e. The molecule has 1 aromatic heterocycles. The molecule has 0 radical (unpaired) electrons. The van der Waals surface area contributed by atoms with Crippen LogP contribution in [0.2, 0.25) is 0 Å². The molecule has 1 saturated heterocycles. The first-order valence-corrected chi connectivity index (χ1v) is 10.7. The van der Waals surface area contributed by atoms with Gasteiger partial charge in [0.05, 0.1) is 12.4 Å². The highest BCUT2D eigenvalue weighted by Gasteiger charge is 2.42. The van der Waals surface area contributed by atoms with Crippen LogP contribution in [-0.2, 0) is 6.54 Å². The lowest BCUT2D eigenvalue weighted by Crippen LogP contribution is -2.45. The SMILES string of the molecule is CCC[C@H](C(C)C)C1(CC#N)CCN(Cc2ccc(-n3ccnc3)cc2)CC1. The van der Waals surface area contributed by atoms with Crippen LogP contribution in [-0.4, -0.2) is 27.5 Å². The summed E-state index contributed by atoms with van der Waals surface area (Å²) in [6, 6.07) is 11.3. The molecule has 2 heterocycles. The third-order valence-corrected chi connectivity index (χ3v) is 6.62. The molecule has 0 spiro atoms. The Hall–Kier alpha value is -2.12. The number of hydrogen-bond acceptors (Lipinski definition) is 3. The van der Waals surface area contributed by atoms with E-state index in [1.807, 2.05) is 17.1 Å². The molecule has 2 aromatic rings. The van der Waals surface area contributed by atoms with Gasteiger partial charge in [0, 0.05) is 31.0 Å². The largest absolute Gasteiger partial charge is 0.306 e. The molecule has 0 saturated carbocycles. The lowest BCUT2D eigenvalue weighted by Gasteiger charge is -2.47. The summed E-state index contributed by atoms with van der Waals surface area (Å²) >= 11 is 0. The van der Waals surface area contributed by atoms with E-state index in [1.165, 1.54) is 18.4 Å². The van der Waals surface area contributed by atoms with Gasteiger partial charge in [-0.2, -0.15) is 5.26 Å². The van der Waals surface area contributed by atoms with E-state index >= 15 is 0 Å². The second kappa shape index (κ2) is 9.39. The number of benzene rings is 1. The average molecular weight is 379 g/mol. The Balaban J connectivity index is 1.62. The molecule has 1 aliphatic rings. The van der Waals surface area contributed by atoms with Gasteiger partial charge in [0.1, 0.15) is 0 Å². The smallest absolute Gasteiger partial charge is 0.0991 e. The molecule has 28 heavy (non-hydrogen) atoms. The summed E-state index contributed by atoms with van der Waals surface area (Å²) in [5.74, 6) is 1.31. The van der Waals surface area contributed by atoms with Crippen molar-refractivity contribution in [2.24, 2.45) is 17.3 Å². The molecule has 1 atom stereocenters. The third kappa shape index (κ3) is 4.64. The van der Waals surface area contributed by atoms with Crippen molar-refractivity contribution in [1.29, 1.82) is 5.26 Å². The summed E-state index contributed by atoms with van der Waals surface area (Å²) in [5.41, 5.74) is 2.71. The van der Waals surface area contributed by atoms with E-state index in [0.717, 1.165) is 38.2 Å². The maximum absolute atomic E-state index is 9.52. The van der Waals surface area contributed by atoms with Crippen LogP contribution in [0.1, 0.15) is 58.4 Å². The molecule has 4 heteroatoms. The van der Waals surface area contributed by atoms with Gasteiger partial charge < -0.3 is 4.57 Å². The van der Waals surface area contributed by atoms with Crippen LogP contribution >= 0.6 is 0 Å². The monoisotopic (exact) mass is 378 g/mol. The summed E-state index contributed by atoms with van der Waals surface area (Å²) in [7, 11) is 0. The molecule has 1 aliphatic heterocycles. The quantitative estimate of drug-likeness (QED) is 0.614. The molecule has 3 rings (SSSR count). The van der Waals surface area contributed by atoms with Gasteiger partial charge in [-0.25, -0.2) is 4.98 Å². The van der Waals surface area contributed by atoms with Gasteiger partial charge in [-0.15, -0.1) is 0 Å². The molecule has 0 aliphatic carbocycles. The molecule has 1 aromatic carbocycles. The lowest BCUT2D eigenvalue weighted by atomic mass is 9.62. The highest BCUT2D eigenvalue weighted by Crippen LogP contribution is 2.47. The van der Waals surface area contributed by atoms with Crippen LogP contribution < -0.4 is 0 Å². The normalized spacial score (nSPS) is 18.1. The van der Waals surface area contributed by atoms with Gasteiger partial charge in [-0.3, -0.25) is 4.90 Å². The van der Waals surface area contributed by atoms with Gasteiger partial charge in [0.25, 0.3) is 0 Å². The molecule has 4 nitrogen and oxygen atoms in total. The summed E-state index contributed by atoms with van der Waals surface area (Å²) in [6.07, 6.45) is 11.1. The predicted octanol–water partition coefficient (Wildman–Crippen LogP) is 5.44. The number of hydrogen-bond donors (Lipinski definition) is 0. The topological polar surface area (TPSA) is 44.9 Å². The summed E-state index contributed by atoms with van der Waals surface area (Å²) in [5, 5.41) is 9.52. The van der Waals surface area contributed by atoms with E-state index < -0.39 is 0 Å². The fourth-order valence-corrected chi connectivity index (χ4v) is 5.09. The Kier molecular flexibility index (Phi) is 6.91. The first-order valence-electron chi connectivity index (χ1n) is 10.7. The van der Waals surface area contributed by atoms with Crippen LogP contribution in [0, 0.1) is 28.6 Å². The van der Waals surface area contributed by atoms with Crippen molar-refractivity contribution >= 4 is 0 Å². The van der Waals surface area contributed by atoms with E-state index in [-0.39, 0.29) is 5.41 Å². The highest BCUT2D eigenvalue weighted by atomic mass is 15.1. The molecule has 0 N–H and O–H groups in total. The van der Waals surface area contributed by atoms with Crippen molar-refractivity contribution in [3.63, 3.8) is 0 Å². The summed E-state index contributed by atoms with van der Waals surface area (Å²) < 4.78 is 2.03. The van der Waals surface area contributed by atoms with Gasteiger partial charge in [-0.1, -0.05) is 39.3 Å². The Morgan fingerprint density at radius 2 is 1.89 bits per heavy atom. The van der Waals surface area contributed by atoms with Gasteiger partial charge in [-0.05, 0) is 67.3 Å². The molecule has 0 bridgehead atoms.